The van der Waals surface area contributed by atoms with Gasteiger partial charge in [-0.2, -0.15) is 0 Å². The molecule has 5 aliphatic carbocycles. The van der Waals surface area contributed by atoms with Crippen LogP contribution in [0.25, 0.3) is 0 Å². The predicted molar refractivity (Wildman–Crippen MR) is 132 cm³/mol. The number of fused-ring (bicyclic) bond motifs is 10. The molecule has 0 aromatic heterocycles. The number of hydrogen-bond donors (Lipinski definition) is 0. The number of rotatable bonds is 6. The zero-order valence-electron chi connectivity index (χ0n) is 20.7. The highest BCUT2D eigenvalue weighted by atomic mass is 16.2. The van der Waals surface area contributed by atoms with Crippen molar-refractivity contribution < 1.29 is 19.2 Å². The molecule has 0 aromatic rings. The van der Waals surface area contributed by atoms with Gasteiger partial charge in [0.2, 0.25) is 23.6 Å². The average molecular weight is 487 g/mol. The van der Waals surface area contributed by atoms with E-state index >= 15 is 0 Å². The highest BCUT2D eigenvalue weighted by Crippen LogP contribution is 2.65. The lowest BCUT2D eigenvalue weighted by molar-refractivity contribution is -0.172. The second kappa shape index (κ2) is 7.17. The maximum Gasteiger partial charge on any atom is 0.235 e. The molecule has 0 spiro atoms. The van der Waals surface area contributed by atoms with Crippen molar-refractivity contribution in [2.24, 2.45) is 46.3 Å². The Morgan fingerprint density at radius 1 is 0.722 bits per heavy atom. The van der Waals surface area contributed by atoms with Crippen LogP contribution in [0.4, 0.5) is 0 Å². The van der Waals surface area contributed by atoms with Gasteiger partial charge in [-0.25, -0.2) is 0 Å². The molecule has 4 bridgehead atoms. The van der Waals surface area contributed by atoms with Gasteiger partial charge >= 0.3 is 0 Å². The standard InChI is InChI=1S/C30H34N2O4/c1-3-10-28-14-8-18(16-28)20-22(28)26(35)31(24(20)33)30(12-6-5-7-13-30)32-25(34)21-19-9-15-29(17-19,11-4-2)23(21)27(32)36/h3-4,8-9,14-15,18-23H,1-2,5-7,10-13,16-17H2. The van der Waals surface area contributed by atoms with Crippen molar-refractivity contribution >= 4 is 23.6 Å². The normalized spacial score (nSPS) is 45.2. The molecule has 0 N–H and O–H groups in total. The third-order valence-electron chi connectivity index (χ3n) is 11.0. The van der Waals surface area contributed by atoms with Crippen LogP contribution in [0.1, 0.15) is 57.8 Å². The molecular formula is C30H34N2O4. The van der Waals surface area contributed by atoms with E-state index in [4.69, 9.17) is 0 Å². The maximum atomic E-state index is 14.3. The topological polar surface area (TPSA) is 74.8 Å². The fraction of sp³-hybridized carbons (Fsp3) is 0.600. The van der Waals surface area contributed by atoms with Crippen molar-refractivity contribution in [2.75, 3.05) is 0 Å². The van der Waals surface area contributed by atoms with Gasteiger partial charge in [0.25, 0.3) is 0 Å². The van der Waals surface area contributed by atoms with E-state index in [0.717, 1.165) is 32.1 Å². The van der Waals surface area contributed by atoms with Crippen molar-refractivity contribution in [1.29, 1.82) is 0 Å². The lowest BCUT2D eigenvalue weighted by Crippen LogP contribution is -2.66. The van der Waals surface area contributed by atoms with E-state index in [9.17, 15) is 19.2 Å². The second-order valence-electron chi connectivity index (χ2n) is 12.5. The third kappa shape index (κ3) is 2.39. The number of amides is 4. The van der Waals surface area contributed by atoms with Gasteiger partial charge in [0.15, 0.2) is 0 Å². The maximum absolute atomic E-state index is 14.3. The molecule has 7 aliphatic rings. The van der Waals surface area contributed by atoms with Gasteiger partial charge in [-0.05, 0) is 63.2 Å². The summed E-state index contributed by atoms with van der Waals surface area (Å²) in [5.41, 5.74) is -1.92. The van der Waals surface area contributed by atoms with Crippen molar-refractivity contribution in [3.63, 3.8) is 0 Å². The Morgan fingerprint density at radius 2 is 1.17 bits per heavy atom. The van der Waals surface area contributed by atoms with Crippen LogP contribution in [0.15, 0.2) is 49.6 Å². The van der Waals surface area contributed by atoms with E-state index in [1.807, 2.05) is 12.2 Å². The molecule has 188 valence electrons. The lowest BCUT2D eigenvalue weighted by atomic mass is 9.72. The molecule has 36 heavy (non-hydrogen) atoms. The van der Waals surface area contributed by atoms with Crippen LogP contribution in [0, 0.1) is 46.3 Å². The highest BCUT2D eigenvalue weighted by Gasteiger charge is 2.73. The smallest absolute Gasteiger partial charge is 0.235 e. The largest absolute Gasteiger partial charge is 0.274 e. The number of carbonyl (C=O) groups is 4. The molecule has 4 amide bonds. The van der Waals surface area contributed by atoms with Crippen LogP contribution in [0.2, 0.25) is 0 Å². The Balaban J connectivity index is 1.31. The fourth-order valence-electron chi connectivity index (χ4n) is 9.77. The van der Waals surface area contributed by atoms with Crippen LogP contribution in [0.5, 0.6) is 0 Å². The highest BCUT2D eigenvalue weighted by molar-refractivity contribution is 6.11. The predicted octanol–water partition coefficient (Wildman–Crippen LogP) is 4.15. The third-order valence-corrected chi connectivity index (χ3v) is 11.0. The van der Waals surface area contributed by atoms with E-state index < -0.39 is 29.3 Å². The van der Waals surface area contributed by atoms with Gasteiger partial charge in [-0.1, -0.05) is 42.9 Å². The summed E-state index contributed by atoms with van der Waals surface area (Å²) in [5.74, 6) is -2.26. The average Bonchev–Trinajstić information content (AvgIpc) is 3.67. The Hall–Kier alpha value is -2.76. The minimum absolute atomic E-state index is 0.0392. The number of carbonyl (C=O) groups excluding carboxylic acids is 4. The summed E-state index contributed by atoms with van der Waals surface area (Å²) in [6.45, 7) is 7.84. The minimum atomic E-state index is -1.17. The number of likely N-dealkylation sites (tertiary alicyclic amines) is 2. The summed E-state index contributed by atoms with van der Waals surface area (Å²) in [7, 11) is 0. The molecule has 0 aromatic carbocycles. The molecule has 5 fully saturated rings. The molecule has 2 saturated heterocycles. The number of hydrogen-bond acceptors (Lipinski definition) is 4. The number of imide groups is 2. The van der Waals surface area contributed by atoms with Gasteiger partial charge in [0.1, 0.15) is 5.66 Å². The summed E-state index contributed by atoms with van der Waals surface area (Å²) < 4.78 is 0. The number of nitrogens with zero attached hydrogens (tertiary/aromatic N) is 2. The van der Waals surface area contributed by atoms with Crippen LogP contribution in [0.3, 0.4) is 0 Å². The van der Waals surface area contributed by atoms with E-state index in [-0.39, 0.29) is 46.3 Å². The van der Waals surface area contributed by atoms with Crippen LogP contribution in [-0.2, 0) is 19.2 Å². The summed E-state index contributed by atoms with van der Waals surface area (Å²) in [6.07, 6.45) is 18.6. The SMILES string of the molecule is C=CCC12C=CC(C1)C1C(=O)N(C3(N4C(=O)C5C6C=CC(CC=C)(C6)C5C4=O)CCCCC3)C(=O)C12. The quantitative estimate of drug-likeness (QED) is 0.418. The van der Waals surface area contributed by atoms with Gasteiger partial charge < -0.3 is 0 Å². The van der Waals surface area contributed by atoms with E-state index in [0.29, 0.717) is 25.7 Å². The van der Waals surface area contributed by atoms with Crippen molar-refractivity contribution in [2.45, 2.75) is 63.5 Å². The van der Waals surface area contributed by atoms with Gasteiger partial charge in [-0.15, -0.1) is 13.2 Å². The first-order valence-corrected chi connectivity index (χ1v) is 13.7. The monoisotopic (exact) mass is 486 g/mol. The zero-order valence-corrected chi connectivity index (χ0v) is 20.7. The van der Waals surface area contributed by atoms with Gasteiger partial charge in [-0.3, -0.25) is 29.0 Å². The first-order valence-electron chi connectivity index (χ1n) is 13.7. The Morgan fingerprint density at radius 3 is 1.58 bits per heavy atom. The molecule has 2 aliphatic heterocycles. The van der Waals surface area contributed by atoms with E-state index in [2.05, 4.69) is 37.5 Å². The fourth-order valence-corrected chi connectivity index (χ4v) is 9.77. The molecule has 0 radical (unpaired) electrons. The summed E-state index contributed by atoms with van der Waals surface area (Å²) >= 11 is 0. The molecule has 6 heteroatoms. The van der Waals surface area contributed by atoms with Gasteiger partial charge in [0, 0.05) is 10.8 Å². The second-order valence-corrected chi connectivity index (χ2v) is 12.5. The van der Waals surface area contributed by atoms with Crippen LogP contribution < -0.4 is 0 Å². The van der Waals surface area contributed by atoms with E-state index in [1.165, 1.54) is 9.80 Å². The molecule has 6 nitrogen and oxygen atoms in total. The van der Waals surface area contributed by atoms with Crippen molar-refractivity contribution in [1.82, 2.24) is 9.80 Å². The first kappa shape index (κ1) is 22.4. The molecule has 2 heterocycles. The van der Waals surface area contributed by atoms with Crippen molar-refractivity contribution in [3.05, 3.63) is 49.6 Å². The molecule has 8 atom stereocenters. The van der Waals surface area contributed by atoms with Crippen LogP contribution >= 0.6 is 0 Å². The summed E-state index contributed by atoms with van der Waals surface area (Å²) in [5, 5.41) is 0. The Kier molecular flexibility index (Phi) is 4.47. The Labute approximate surface area is 212 Å². The zero-order chi connectivity index (χ0) is 25.0. The molecular weight excluding hydrogens is 452 g/mol. The lowest BCUT2D eigenvalue weighted by Gasteiger charge is -2.49. The van der Waals surface area contributed by atoms with Gasteiger partial charge in [0.05, 0.1) is 23.7 Å². The molecule has 8 unspecified atom stereocenters. The Bertz CT molecular complexity index is 1090. The van der Waals surface area contributed by atoms with Crippen LogP contribution in [-0.4, -0.2) is 39.1 Å². The van der Waals surface area contributed by atoms with Crippen molar-refractivity contribution in [3.8, 4) is 0 Å². The first-order chi connectivity index (χ1) is 17.3. The molecule has 7 rings (SSSR count). The summed E-state index contributed by atoms with van der Waals surface area (Å²) in [4.78, 5) is 59.6. The molecule has 3 saturated carbocycles. The number of allylic oxidation sites excluding steroid dienone is 6. The minimum Gasteiger partial charge on any atom is -0.274 e. The van der Waals surface area contributed by atoms with E-state index in [1.54, 1.807) is 0 Å². The summed E-state index contributed by atoms with van der Waals surface area (Å²) in [6, 6.07) is 0.